The number of amides is 1. The quantitative estimate of drug-likeness (QED) is 0.490. The van der Waals surface area contributed by atoms with E-state index in [9.17, 15) is 9.18 Å². The Bertz CT molecular complexity index is 1050. The van der Waals surface area contributed by atoms with Gasteiger partial charge in [0.1, 0.15) is 15.7 Å². The van der Waals surface area contributed by atoms with E-state index < -0.39 is 5.95 Å². The Morgan fingerprint density at radius 3 is 2.64 bits per heavy atom. The Morgan fingerprint density at radius 1 is 1.30 bits per heavy atom. The van der Waals surface area contributed by atoms with Crippen molar-refractivity contribution in [2.75, 3.05) is 24.5 Å². The Hall–Kier alpha value is -2.81. The molecule has 2 aliphatic heterocycles. The van der Waals surface area contributed by atoms with Crippen LogP contribution in [-0.2, 0) is 6.42 Å². The molecule has 4 rings (SSSR count). The van der Waals surface area contributed by atoms with E-state index >= 15 is 0 Å². The van der Waals surface area contributed by atoms with Gasteiger partial charge in [-0.05, 0) is 30.4 Å². The maximum absolute atomic E-state index is 14.9. The van der Waals surface area contributed by atoms with Crippen molar-refractivity contribution < 1.29 is 9.18 Å². The maximum Gasteiger partial charge on any atom is 0.270 e. The van der Waals surface area contributed by atoms with E-state index in [1.165, 1.54) is 17.5 Å². The molecule has 33 heavy (non-hydrogen) atoms. The highest BCUT2D eigenvalue weighted by molar-refractivity contribution is 7.17. The van der Waals surface area contributed by atoms with Crippen LogP contribution in [0, 0.1) is 16.8 Å². The third-order valence-corrected chi connectivity index (χ3v) is 6.75. The minimum Gasteiger partial charge on any atom is -0.403 e. The monoisotopic (exact) mass is 472 g/mol. The number of hydrogen-bond acceptors (Lipinski definition) is 7. The zero-order chi connectivity index (χ0) is 24.2. The summed E-state index contributed by atoms with van der Waals surface area (Å²) < 4.78 is 14.9. The number of nitrogens with zero attached hydrogens (tertiary/aromatic N) is 4. The van der Waals surface area contributed by atoms with Crippen molar-refractivity contribution in [1.82, 2.24) is 14.9 Å². The van der Waals surface area contributed by atoms with Crippen molar-refractivity contribution in [3.05, 3.63) is 40.5 Å². The van der Waals surface area contributed by atoms with Gasteiger partial charge in [-0.15, -0.1) is 11.3 Å². The zero-order valence-electron chi connectivity index (χ0n) is 19.8. The van der Waals surface area contributed by atoms with Crippen LogP contribution >= 0.6 is 11.3 Å². The van der Waals surface area contributed by atoms with E-state index in [0.29, 0.717) is 45.6 Å². The molecule has 2 aliphatic rings. The first-order chi connectivity index (χ1) is 15.7. The van der Waals surface area contributed by atoms with Gasteiger partial charge < -0.3 is 20.9 Å². The molecule has 0 aromatic carbocycles. The number of pyridine rings is 1. The maximum atomic E-state index is 14.9. The summed E-state index contributed by atoms with van der Waals surface area (Å²) in [5.41, 5.74) is 7.00. The fraction of sp³-hybridized carbons (Fsp3) is 0.500. The number of thiazole rings is 1. The zero-order valence-corrected chi connectivity index (χ0v) is 20.6. The van der Waals surface area contributed by atoms with Gasteiger partial charge in [0.25, 0.3) is 5.91 Å². The van der Waals surface area contributed by atoms with Crippen LogP contribution in [0.15, 0.2) is 24.0 Å². The van der Waals surface area contributed by atoms with Gasteiger partial charge in [-0.25, -0.2) is 9.97 Å². The van der Waals surface area contributed by atoms with Crippen LogP contribution in [0.4, 0.5) is 10.2 Å². The second-order valence-electron chi connectivity index (χ2n) is 9.14. The van der Waals surface area contributed by atoms with Crippen LogP contribution in [0.3, 0.4) is 0 Å². The van der Waals surface area contributed by atoms with Crippen molar-refractivity contribution in [3.63, 3.8) is 0 Å². The number of anilines is 1. The summed E-state index contributed by atoms with van der Waals surface area (Å²) in [7, 11) is 0. The Kier molecular flexibility index (Phi) is 7.84. The third-order valence-electron chi connectivity index (χ3n) is 5.63. The topological polar surface area (TPSA) is 99.2 Å². The van der Waals surface area contributed by atoms with Gasteiger partial charge in [0.2, 0.25) is 5.95 Å². The van der Waals surface area contributed by atoms with Gasteiger partial charge in [0.15, 0.2) is 0 Å². The molecule has 9 heteroatoms. The Balaban J connectivity index is 0.000000968. The molecule has 1 saturated heterocycles. The molecule has 0 saturated carbocycles. The average Bonchev–Trinajstić information content (AvgIpc) is 3.21. The molecule has 0 spiro atoms. The fourth-order valence-corrected chi connectivity index (χ4v) is 5.16. The lowest BCUT2D eigenvalue weighted by Crippen LogP contribution is -2.40. The molecular weight excluding hydrogens is 439 g/mol. The molecule has 0 unspecified atom stereocenters. The number of nitrogens with one attached hydrogen (secondary N) is 1. The number of hydrogen-bond donors (Lipinski definition) is 2. The fourth-order valence-electron chi connectivity index (χ4n) is 4.09. The van der Waals surface area contributed by atoms with Gasteiger partial charge >= 0.3 is 0 Å². The molecule has 178 valence electrons. The van der Waals surface area contributed by atoms with Crippen LogP contribution in [0.1, 0.15) is 62.3 Å². The molecule has 3 N–H and O–H groups in total. The summed E-state index contributed by atoms with van der Waals surface area (Å²) in [5.74, 6) is -0.203. The van der Waals surface area contributed by atoms with Crippen molar-refractivity contribution in [2.45, 2.75) is 53.4 Å². The summed E-state index contributed by atoms with van der Waals surface area (Å²) >= 11 is 1.15. The number of nitrogens with two attached hydrogens (primary N) is 1. The summed E-state index contributed by atoms with van der Waals surface area (Å²) in [5, 5.41) is 7.87. The van der Waals surface area contributed by atoms with Gasteiger partial charge in [-0.2, -0.15) is 4.39 Å². The number of carbonyl (C=O) groups excluding carboxylic acids is 1. The summed E-state index contributed by atoms with van der Waals surface area (Å²) in [6, 6.07) is 3.53. The van der Waals surface area contributed by atoms with Gasteiger partial charge in [-0.3, -0.25) is 4.79 Å². The van der Waals surface area contributed by atoms with E-state index in [1.807, 2.05) is 6.07 Å². The highest BCUT2D eigenvalue weighted by atomic mass is 32.1. The minimum atomic E-state index is -0.576. The lowest BCUT2D eigenvalue weighted by Gasteiger charge is -2.38. The third kappa shape index (κ3) is 5.40. The van der Waals surface area contributed by atoms with E-state index in [-0.39, 0.29) is 11.3 Å². The molecule has 1 fully saturated rings. The molecule has 2 aromatic heterocycles. The SMILES string of the molecule is CC1(C)CCCN(c2ccc(-c3nc4c(s3)C(=O)N(/C(C=N)=C/N)CC4)c(F)n2)C1.CCC. The highest BCUT2D eigenvalue weighted by Gasteiger charge is 2.31. The average molecular weight is 473 g/mol. The smallest absolute Gasteiger partial charge is 0.270 e. The van der Waals surface area contributed by atoms with Crippen molar-refractivity contribution in [3.8, 4) is 10.6 Å². The molecule has 0 bridgehead atoms. The van der Waals surface area contributed by atoms with Crippen molar-refractivity contribution in [1.29, 1.82) is 5.41 Å². The lowest BCUT2D eigenvalue weighted by atomic mass is 9.84. The number of piperidine rings is 1. The first kappa shape index (κ1) is 24.8. The largest absolute Gasteiger partial charge is 0.403 e. The normalized spacial score (nSPS) is 17.8. The van der Waals surface area contributed by atoms with Crippen molar-refractivity contribution >= 4 is 29.3 Å². The number of halogens is 1. The molecule has 4 heterocycles. The molecule has 0 atom stereocenters. The predicted octanol–water partition coefficient (Wildman–Crippen LogP) is 4.83. The van der Waals surface area contributed by atoms with Crippen LogP contribution < -0.4 is 10.6 Å². The summed E-state index contributed by atoms with van der Waals surface area (Å²) in [4.78, 5) is 25.6. The second kappa shape index (κ2) is 10.4. The van der Waals surface area contributed by atoms with Gasteiger partial charge in [0.05, 0.1) is 17.0 Å². The highest BCUT2D eigenvalue weighted by Crippen LogP contribution is 2.35. The molecule has 7 nitrogen and oxygen atoms in total. The van der Waals surface area contributed by atoms with Crippen LogP contribution in [0.5, 0.6) is 0 Å². The van der Waals surface area contributed by atoms with E-state index in [2.05, 4.69) is 42.6 Å². The van der Waals surface area contributed by atoms with E-state index in [0.717, 1.165) is 43.5 Å². The summed E-state index contributed by atoms with van der Waals surface area (Å²) in [6.45, 7) is 10.8. The first-order valence-electron chi connectivity index (χ1n) is 11.4. The Morgan fingerprint density at radius 2 is 2.03 bits per heavy atom. The molecule has 1 amide bonds. The number of carbonyl (C=O) groups is 1. The van der Waals surface area contributed by atoms with Crippen LogP contribution in [0.2, 0.25) is 0 Å². The predicted molar refractivity (Wildman–Crippen MR) is 132 cm³/mol. The number of rotatable bonds is 4. The standard InChI is InChI=1S/C21H25FN6OS.C3H8/c1-21(2)7-3-8-27(12-21)16-5-4-14(18(22)26-16)19-25-15-6-9-28(13(10-23)11-24)20(29)17(15)30-19;1-3-2/h4-5,10-11,23H,3,6-9,12,24H2,1-2H3;3H2,1-2H3/b13-11+,23-10?;. The minimum absolute atomic E-state index is 0.184. The van der Waals surface area contributed by atoms with Gasteiger partial charge in [-0.1, -0.05) is 34.1 Å². The van der Waals surface area contributed by atoms with E-state index in [4.69, 9.17) is 11.1 Å². The number of aromatic nitrogens is 2. The second-order valence-corrected chi connectivity index (χ2v) is 10.1. The summed E-state index contributed by atoms with van der Waals surface area (Å²) in [6.07, 6.45) is 6.28. The number of allylic oxidation sites excluding steroid dienone is 1. The van der Waals surface area contributed by atoms with Crippen LogP contribution in [-0.4, -0.2) is 46.6 Å². The van der Waals surface area contributed by atoms with Gasteiger partial charge in [0, 0.05) is 38.5 Å². The molecule has 0 aliphatic carbocycles. The molecular formula is C24H33FN6OS. The number of fused-ring (bicyclic) bond motifs is 1. The molecule has 0 radical (unpaired) electrons. The lowest BCUT2D eigenvalue weighted by molar-refractivity contribution is 0.0805. The first-order valence-corrected chi connectivity index (χ1v) is 12.2. The molecule has 2 aromatic rings. The van der Waals surface area contributed by atoms with E-state index in [1.54, 1.807) is 6.07 Å². The Labute approximate surface area is 199 Å². The van der Waals surface area contributed by atoms with Crippen LogP contribution in [0.25, 0.3) is 10.6 Å². The van der Waals surface area contributed by atoms with Crippen molar-refractivity contribution in [2.24, 2.45) is 11.1 Å².